The van der Waals surface area contributed by atoms with E-state index in [9.17, 15) is 4.79 Å². The molecule has 1 N–H and O–H groups in total. The van der Waals surface area contributed by atoms with Crippen LogP contribution in [-0.2, 0) is 0 Å². The molecule has 0 saturated carbocycles. The van der Waals surface area contributed by atoms with Crippen LogP contribution in [0.15, 0.2) is 42.7 Å². The van der Waals surface area contributed by atoms with E-state index in [2.05, 4.69) is 57.6 Å². The number of aromatic nitrogens is 4. The van der Waals surface area contributed by atoms with Crippen LogP contribution in [0.5, 0.6) is 0 Å². The number of hydrogen-bond acceptors (Lipinski definition) is 5. The number of carbonyl (C=O) groups is 1. The van der Waals surface area contributed by atoms with Crippen molar-refractivity contribution in [2.24, 2.45) is 5.92 Å². The van der Waals surface area contributed by atoms with Crippen LogP contribution >= 0.6 is 0 Å². The highest BCUT2D eigenvalue weighted by atomic mass is 16.2. The molecule has 7 heteroatoms. The molecule has 0 atom stereocenters. The molecule has 1 fully saturated rings. The smallest absolute Gasteiger partial charge is 0.273 e. The SMILES string of the molecule is CC(C)CNC(=O)c1cn(C2CCN(c3ccnc4ccccc34)CC2)nn1. The number of piperidine rings is 1. The van der Waals surface area contributed by atoms with Gasteiger partial charge >= 0.3 is 0 Å². The van der Waals surface area contributed by atoms with Gasteiger partial charge in [-0.25, -0.2) is 4.68 Å². The molecule has 1 amide bonds. The number of carbonyl (C=O) groups excluding carboxylic acids is 1. The molecule has 0 spiro atoms. The summed E-state index contributed by atoms with van der Waals surface area (Å²) in [7, 11) is 0. The van der Waals surface area contributed by atoms with E-state index in [-0.39, 0.29) is 11.9 Å². The minimum Gasteiger partial charge on any atom is -0.371 e. The van der Waals surface area contributed by atoms with Gasteiger partial charge in [-0.05, 0) is 30.9 Å². The maximum Gasteiger partial charge on any atom is 0.273 e. The number of nitrogens with zero attached hydrogens (tertiary/aromatic N) is 5. The molecule has 1 saturated heterocycles. The number of para-hydroxylation sites is 1. The lowest BCUT2D eigenvalue weighted by molar-refractivity contribution is 0.0944. The number of hydrogen-bond donors (Lipinski definition) is 1. The molecule has 0 bridgehead atoms. The number of pyridine rings is 1. The Morgan fingerprint density at radius 1 is 1.21 bits per heavy atom. The number of anilines is 1. The van der Waals surface area contributed by atoms with E-state index in [4.69, 9.17) is 0 Å². The van der Waals surface area contributed by atoms with Gasteiger partial charge in [0.2, 0.25) is 0 Å². The van der Waals surface area contributed by atoms with Gasteiger partial charge in [0.15, 0.2) is 5.69 Å². The Bertz CT molecular complexity index is 953. The summed E-state index contributed by atoms with van der Waals surface area (Å²) in [6.07, 6.45) is 5.58. The number of amides is 1. The van der Waals surface area contributed by atoms with Crippen molar-refractivity contribution in [2.75, 3.05) is 24.5 Å². The topological polar surface area (TPSA) is 75.9 Å². The van der Waals surface area contributed by atoms with Crippen LogP contribution in [0.25, 0.3) is 10.9 Å². The molecule has 1 aliphatic heterocycles. The highest BCUT2D eigenvalue weighted by molar-refractivity contribution is 5.92. The Morgan fingerprint density at radius 3 is 2.79 bits per heavy atom. The van der Waals surface area contributed by atoms with Crippen molar-refractivity contribution in [3.63, 3.8) is 0 Å². The molecule has 0 unspecified atom stereocenters. The van der Waals surface area contributed by atoms with Gasteiger partial charge in [0.1, 0.15) is 0 Å². The number of fused-ring (bicyclic) bond motifs is 1. The Kier molecular flexibility index (Phi) is 5.23. The van der Waals surface area contributed by atoms with E-state index in [0.29, 0.717) is 18.2 Å². The van der Waals surface area contributed by atoms with Gasteiger partial charge in [-0.3, -0.25) is 9.78 Å². The zero-order valence-corrected chi connectivity index (χ0v) is 16.4. The maximum atomic E-state index is 12.2. The summed E-state index contributed by atoms with van der Waals surface area (Å²) in [5, 5.41) is 12.4. The molecule has 1 aromatic carbocycles. The molecule has 0 aliphatic carbocycles. The lowest BCUT2D eigenvalue weighted by atomic mass is 10.0. The molecule has 3 aromatic rings. The Hall–Kier alpha value is -2.96. The predicted octanol–water partition coefficient (Wildman–Crippen LogP) is 3.05. The molecule has 3 heterocycles. The number of benzene rings is 1. The van der Waals surface area contributed by atoms with Gasteiger partial charge in [-0.1, -0.05) is 37.3 Å². The van der Waals surface area contributed by atoms with Crippen molar-refractivity contribution < 1.29 is 4.79 Å². The lowest BCUT2D eigenvalue weighted by Crippen LogP contribution is -2.35. The third kappa shape index (κ3) is 3.83. The van der Waals surface area contributed by atoms with Gasteiger partial charge in [0.25, 0.3) is 5.91 Å². The molecule has 2 aromatic heterocycles. The normalized spacial score (nSPS) is 15.3. The van der Waals surface area contributed by atoms with Crippen LogP contribution in [0.2, 0.25) is 0 Å². The van der Waals surface area contributed by atoms with Gasteiger partial charge in [0, 0.05) is 36.9 Å². The Labute approximate surface area is 164 Å². The Balaban J connectivity index is 1.41. The highest BCUT2D eigenvalue weighted by Gasteiger charge is 2.23. The van der Waals surface area contributed by atoms with E-state index in [1.165, 1.54) is 11.1 Å². The van der Waals surface area contributed by atoms with Crippen molar-refractivity contribution in [3.05, 3.63) is 48.4 Å². The minimum atomic E-state index is -0.152. The van der Waals surface area contributed by atoms with Crippen LogP contribution in [0.3, 0.4) is 0 Å². The summed E-state index contributed by atoms with van der Waals surface area (Å²) < 4.78 is 1.85. The molecule has 1 aliphatic rings. The fraction of sp³-hybridized carbons (Fsp3) is 0.429. The lowest BCUT2D eigenvalue weighted by Gasteiger charge is -2.34. The summed E-state index contributed by atoms with van der Waals surface area (Å²) in [5.74, 6) is 0.258. The maximum absolute atomic E-state index is 12.2. The monoisotopic (exact) mass is 378 g/mol. The van der Waals surface area contributed by atoms with Crippen molar-refractivity contribution in [1.82, 2.24) is 25.3 Å². The van der Waals surface area contributed by atoms with Crippen LogP contribution < -0.4 is 10.2 Å². The van der Waals surface area contributed by atoms with Crippen molar-refractivity contribution in [1.29, 1.82) is 0 Å². The zero-order chi connectivity index (χ0) is 19.5. The molecule has 28 heavy (non-hydrogen) atoms. The largest absolute Gasteiger partial charge is 0.371 e. The molecule has 146 valence electrons. The van der Waals surface area contributed by atoms with Crippen LogP contribution in [0, 0.1) is 5.92 Å². The number of nitrogens with one attached hydrogen (secondary N) is 1. The van der Waals surface area contributed by atoms with Gasteiger partial charge in [-0.15, -0.1) is 5.10 Å². The summed E-state index contributed by atoms with van der Waals surface area (Å²) in [5.41, 5.74) is 2.65. The second kappa shape index (κ2) is 7.96. The highest BCUT2D eigenvalue weighted by Crippen LogP contribution is 2.30. The standard InChI is InChI=1S/C21H26N6O/c1-15(2)13-23-21(28)19-14-27(25-24-19)16-8-11-26(12-9-16)20-7-10-22-18-6-4-3-5-17(18)20/h3-7,10,14-16H,8-9,11-13H2,1-2H3,(H,23,28). The Morgan fingerprint density at radius 2 is 2.00 bits per heavy atom. The van der Waals surface area contributed by atoms with Crippen molar-refractivity contribution in [3.8, 4) is 0 Å². The van der Waals surface area contributed by atoms with Gasteiger partial charge < -0.3 is 10.2 Å². The van der Waals surface area contributed by atoms with E-state index in [1.807, 2.05) is 23.0 Å². The third-order valence-corrected chi connectivity index (χ3v) is 5.22. The molecular weight excluding hydrogens is 352 g/mol. The van der Waals surface area contributed by atoms with Crippen molar-refractivity contribution >= 4 is 22.5 Å². The van der Waals surface area contributed by atoms with E-state index >= 15 is 0 Å². The predicted molar refractivity (Wildman–Crippen MR) is 109 cm³/mol. The molecule has 7 nitrogen and oxygen atoms in total. The summed E-state index contributed by atoms with van der Waals surface area (Å²) in [6.45, 7) is 6.65. The van der Waals surface area contributed by atoms with E-state index < -0.39 is 0 Å². The second-order valence-corrected chi connectivity index (χ2v) is 7.75. The first-order valence-electron chi connectivity index (χ1n) is 9.90. The minimum absolute atomic E-state index is 0.152. The summed E-state index contributed by atoms with van der Waals surface area (Å²) in [4.78, 5) is 19.0. The number of rotatable bonds is 5. The van der Waals surface area contributed by atoms with Crippen LogP contribution in [0.4, 0.5) is 5.69 Å². The van der Waals surface area contributed by atoms with Crippen molar-refractivity contribution in [2.45, 2.75) is 32.7 Å². The average molecular weight is 378 g/mol. The second-order valence-electron chi connectivity index (χ2n) is 7.75. The first-order valence-corrected chi connectivity index (χ1v) is 9.90. The molecule has 4 rings (SSSR count). The third-order valence-electron chi connectivity index (χ3n) is 5.22. The van der Waals surface area contributed by atoms with Crippen LogP contribution in [0.1, 0.15) is 43.2 Å². The van der Waals surface area contributed by atoms with Gasteiger partial charge in [0.05, 0.1) is 17.8 Å². The quantitative estimate of drug-likeness (QED) is 0.738. The fourth-order valence-corrected chi connectivity index (χ4v) is 3.67. The first-order chi connectivity index (χ1) is 13.6. The molecule has 0 radical (unpaired) electrons. The van der Waals surface area contributed by atoms with Crippen LogP contribution in [-0.4, -0.2) is 45.5 Å². The summed E-state index contributed by atoms with van der Waals surface area (Å²) >= 11 is 0. The van der Waals surface area contributed by atoms with E-state index in [1.54, 1.807) is 6.20 Å². The van der Waals surface area contributed by atoms with Gasteiger partial charge in [-0.2, -0.15) is 0 Å². The molecular formula is C21H26N6O. The fourth-order valence-electron chi connectivity index (χ4n) is 3.67. The zero-order valence-electron chi connectivity index (χ0n) is 16.4. The first kappa shape index (κ1) is 18.4. The average Bonchev–Trinajstić information content (AvgIpc) is 3.22. The summed E-state index contributed by atoms with van der Waals surface area (Å²) in [6, 6.07) is 10.6. The van der Waals surface area contributed by atoms with E-state index in [0.717, 1.165) is 31.4 Å².